The number of ether oxygens (including phenoxy) is 1. The number of aliphatic carboxylic acids is 1. The number of carbonyl (C=O) groups is 3. The molecule has 9 nitrogen and oxygen atoms in total. The quantitative estimate of drug-likeness (QED) is 0.352. The Balaban J connectivity index is 1.70. The van der Waals surface area contributed by atoms with Crippen molar-refractivity contribution in [1.82, 2.24) is 4.90 Å². The fourth-order valence-electron chi connectivity index (χ4n) is 6.56. The number of carbonyl (C=O) groups excluding carboxylic acids is 2. The van der Waals surface area contributed by atoms with Crippen molar-refractivity contribution in [3.05, 3.63) is 75.1 Å². The molecule has 1 heterocycles. The lowest BCUT2D eigenvalue weighted by molar-refractivity contribution is -0.138. The minimum atomic E-state index is -4.28. The highest BCUT2D eigenvalue weighted by atomic mass is 35.5. The third-order valence-electron chi connectivity index (χ3n) is 8.40. The molecule has 0 spiro atoms. The van der Waals surface area contributed by atoms with Crippen molar-refractivity contribution >= 4 is 39.3 Å². The smallest absolute Gasteiger partial charge is 0.339 e. The highest BCUT2D eigenvalue weighted by Crippen LogP contribution is 2.55. The van der Waals surface area contributed by atoms with Crippen LogP contribution in [0.1, 0.15) is 70.4 Å². The molecule has 5 rings (SSSR count). The first-order chi connectivity index (χ1) is 20.4. The van der Waals surface area contributed by atoms with Crippen LogP contribution < -0.4 is 8.92 Å². The van der Waals surface area contributed by atoms with Crippen molar-refractivity contribution in [2.24, 2.45) is 10.8 Å². The summed E-state index contributed by atoms with van der Waals surface area (Å²) >= 11 is 6.70. The topological polar surface area (TPSA) is 127 Å². The molecule has 0 saturated heterocycles. The Kier molecular flexibility index (Phi) is 7.99. The van der Waals surface area contributed by atoms with Crippen molar-refractivity contribution < 1.29 is 36.8 Å². The van der Waals surface area contributed by atoms with E-state index in [2.05, 4.69) is 0 Å². The number of carboxylic acid groups (broad SMARTS) is 1. The van der Waals surface area contributed by atoms with Crippen LogP contribution in [0.25, 0.3) is 0 Å². The standard InChI is InChI=1S/C33H36ClNO8S/c1-18-7-9-20(10-8-18)44(40,41)43-31-21(34)11-19(12-26(31)42-6)28-29-22(13-32(2,3)15-24(29)36)35(17-27(38)39)23-14-33(4,5)16-25(37)30(23)28/h7-12,28H,13-17H2,1-6H3,(H,38,39). The number of rotatable bonds is 7. The van der Waals surface area contributed by atoms with E-state index in [0.29, 0.717) is 40.9 Å². The Labute approximate surface area is 262 Å². The maximum absolute atomic E-state index is 13.9. The van der Waals surface area contributed by atoms with Crippen molar-refractivity contribution in [3.8, 4) is 11.5 Å². The van der Waals surface area contributed by atoms with E-state index in [-0.39, 0.29) is 52.4 Å². The maximum atomic E-state index is 13.9. The van der Waals surface area contributed by atoms with Crippen molar-refractivity contribution in [2.75, 3.05) is 13.7 Å². The first-order valence-electron chi connectivity index (χ1n) is 14.3. The molecule has 0 fully saturated rings. The molecule has 0 atom stereocenters. The molecule has 0 radical (unpaired) electrons. The van der Waals surface area contributed by atoms with E-state index in [4.69, 9.17) is 20.5 Å². The second-order valence-electron chi connectivity index (χ2n) is 13.4. The van der Waals surface area contributed by atoms with Gasteiger partial charge in [-0.25, -0.2) is 0 Å². The van der Waals surface area contributed by atoms with Crippen molar-refractivity contribution in [2.45, 2.75) is 71.1 Å². The number of ketones is 2. The molecule has 2 aromatic carbocycles. The lowest BCUT2D eigenvalue weighted by Crippen LogP contribution is -2.45. The number of benzene rings is 2. The number of aryl methyl sites for hydroxylation is 1. The fraction of sp³-hybridized carbons (Fsp3) is 0.424. The zero-order chi connectivity index (χ0) is 32.4. The van der Waals surface area contributed by atoms with Gasteiger partial charge in [0.1, 0.15) is 11.4 Å². The van der Waals surface area contributed by atoms with Gasteiger partial charge in [0.15, 0.2) is 17.3 Å². The van der Waals surface area contributed by atoms with Crippen LogP contribution in [0, 0.1) is 17.8 Å². The van der Waals surface area contributed by atoms with Gasteiger partial charge < -0.3 is 18.9 Å². The van der Waals surface area contributed by atoms with Crippen LogP contribution in [0.15, 0.2) is 63.8 Å². The second kappa shape index (κ2) is 11.1. The molecule has 11 heteroatoms. The van der Waals surface area contributed by atoms with Gasteiger partial charge in [-0.15, -0.1) is 0 Å². The Morgan fingerprint density at radius 3 is 1.95 bits per heavy atom. The molecule has 0 bridgehead atoms. The van der Waals surface area contributed by atoms with E-state index in [1.54, 1.807) is 23.1 Å². The number of hydrogen-bond acceptors (Lipinski definition) is 8. The first-order valence-corrected chi connectivity index (χ1v) is 16.1. The Bertz CT molecular complexity index is 1700. The minimum Gasteiger partial charge on any atom is -0.493 e. The lowest BCUT2D eigenvalue weighted by atomic mass is 9.63. The lowest BCUT2D eigenvalue weighted by Gasteiger charge is -2.48. The molecule has 0 amide bonds. The molecule has 2 aliphatic carbocycles. The van der Waals surface area contributed by atoms with Crippen molar-refractivity contribution in [3.63, 3.8) is 0 Å². The monoisotopic (exact) mass is 641 g/mol. The highest BCUT2D eigenvalue weighted by molar-refractivity contribution is 7.87. The average molecular weight is 642 g/mol. The van der Waals surface area contributed by atoms with Gasteiger partial charge >= 0.3 is 16.1 Å². The SMILES string of the molecule is COc1cc(C2C3=C(CC(C)(C)CC3=O)N(CC(=O)O)C3=C2C(=O)CC(C)(C)C3)cc(Cl)c1OS(=O)(=O)c1ccc(C)cc1. The average Bonchev–Trinajstić information content (AvgIpc) is 2.89. The van der Waals surface area contributed by atoms with Gasteiger partial charge in [0.2, 0.25) is 5.75 Å². The summed E-state index contributed by atoms with van der Waals surface area (Å²) in [6.07, 6.45) is 1.30. The molecule has 0 saturated carbocycles. The predicted octanol–water partition coefficient (Wildman–Crippen LogP) is 6.19. The number of carboxylic acids is 1. The zero-order valence-corrected chi connectivity index (χ0v) is 27.2. The van der Waals surface area contributed by atoms with Gasteiger partial charge in [0.25, 0.3) is 0 Å². The van der Waals surface area contributed by atoms with Gasteiger partial charge in [0, 0.05) is 41.3 Å². The fourth-order valence-corrected chi connectivity index (χ4v) is 7.82. The normalized spacial score (nSPS) is 19.9. The molecule has 2 aromatic rings. The van der Waals surface area contributed by atoms with Crippen LogP contribution >= 0.6 is 11.6 Å². The third kappa shape index (κ3) is 5.89. The number of nitrogens with zero attached hydrogens (tertiary/aromatic N) is 1. The molecular weight excluding hydrogens is 606 g/mol. The first kappa shape index (κ1) is 31.8. The molecule has 44 heavy (non-hydrogen) atoms. The number of Topliss-reactive ketones (excluding diaryl/α,β-unsaturated/α-hetero) is 2. The summed E-state index contributed by atoms with van der Waals surface area (Å²) in [6, 6.07) is 9.19. The number of allylic oxidation sites excluding steroid dienone is 4. The zero-order valence-electron chi connectivity index (χ0n) is 25.6. The second-order valence-corrected chi connectivity index (χ2v) is 15.4. The summed E-state index contributed by atoms with van der Waals surface area (Å²) in [5.74, 6) is -2.50. The molecule has 234 valence electrons. The predicted molar refractivity (Wildman–Crippen MR) is 164 cm³/mol. The van der Waals surface area contributed by atoms with Gasteiger partial charge in [0.05, 0.1) is 12.1 Å². The summed E-state index contributed by atoms with van der Waals surface area (Å²) < 4.78 is 37.3. The Hall–Kier alpha value is -3.63. The van der Waals surface area contributed by atoms with Crippen LogP contribution in [0.4, 0.5) is 0 Å². The molecule has 3 aliphatic rings. The molecule has 1 aliphatic heterocycles. The third-order valence-corrected chi connectivity index (χ3v) is 9.92. The number of hydrogen-bond donors (Lipinski definition) is 1. The molecular formula is C33H36ClNO8S. The van der Waals surface area contributed by atoms with Crippen LogP contribution in [-0.4, -0.2) is 49.6 Å². The summed E-state index contributed by atoms with van der Waals surface area (Å²) in [6.45, 7) is 9.29. The van der Waals surface area contributed by atoms with E-state index in [9.17, 15) is 27.9 Å². The molecule has 0 aromatic heterocycles. The summed E-state index contributed by atoms with van der Waals surface area (Å²) in [5, 5.41) is 9.81. The van der Waals surface area contributed by atoms with E-state index < -0.39 is 32.8 Å². The number of methoxy groups -OCH3 is 1. The van der Waals surface area contributed by atoms with Gasteiger partial charge in [-0.3, -0.25) is 14.4 Å². The number of halogens is 1. The van der Waals surface area contributed by atoms with E-state index >= 15 is 0 Å². The molecule has 1 N–H and O–H groups in total. The van der Waals surface area contributed by atoms with Crippen LogP contribution in [-0.2, 0) is 24.5 Å². The minimum absolute atomic E-state index is 0.00706. The van der Waals surface area contributed by atoms with Gasteiger partial charge in [-0.1, -0.05) is 57.0 Å². The summed E-state index contributed by atoms with van der Waals surface area (Å²) in [7, 11) is -2.94. The maximum Gasteiger partial charge on any atom is 0.339 e. The van der Waals surface area contributed by atoms with Crippen molar-refractivity contribution in [1.29, 1.82) is 0 Å². The van der Waals surface area contributed by atoms with E-state index in [0.717, 1.165) is 5.56 Å². The summed E-state index contributed by atoms with van der Waals surface area (Å²) in [4.78, 5) is 41.5. The van der Waals surface area contributed by atoms with Gasteiger partial charge in [-0.05, 0) is 60.4 Å². The van der Waals surface area contributed by atoms with Crippen LogP contribution in [0.5, 0.6) is 11.5 Å². The Morgan fingerprint density at radius 1 is 0.955 bits per heavy atom. The molecule has 0 unspecified atom stereocenters. The highest BCUT2D eigenvalue weighted by Gasteiger charge is 2.49. The van der Waals surface area contributed by atoms with E-state index in [1.165, 1.54) is 25.3 Å². The largest absolute Gasteiger partial charge is 0.493 e. The van der Waals surface area contributed by atoms with Crippen LogP contribution in [0.2, 0.25) is 5.02 Å². The van der Waals surface area contributed by atoms with Gasteiger partial charge in [-0.2, -0.15) is 8.42 Å². The van der Waals surface area contributed by atoms with E-state index in [1.807, 2.05) is 34.6 Å². The van der Waals surface area contributed by atoms with Crippen LogP contribution in [0.3, 0.4) is 0 Å². The Morgan fingerprint density at radius 2 is 1.48 bits per heavy atom. The summed E-state index contributed by atoms with van der Waals surface area (Å²) in [5.41, 5.74) is 2.35.